The summed E-state index contributed by atoms with van der Waals surface area (Å²) in [5, 5.41) is 15.9. The average molecular weight is 375 g/mol. The lowest BCUT2D eigenvalue weighted by atomic mass is 9.84. The van der Waals surface area contributed by atoms with E-state index in [9.17, 15) is 5.11 Å². The van der Waals surface area contributed by atoms with Crippen LogP contribution in [0.15, 0.2) is 36.8 Å². The third-order valence-electron chi connectivity index (χ3n) is 7.14. The molecule has 6 nitrogen and oxygen atoms in total. The zero-order chi connectivity index (χ0) is 19.1. The molecule has 1 aliphatic heterocycles. The third-order valence-corrected chi connectivity index (χ3v) is 7.14. The molecular formula is C22H25N5O. The van der Waals surface area contributed by atoms with Gasteiger partial charge in [-0.25, -0.2) is 14.6 Å². The fourth-order valence-corrected chi connectivity index (χ4v) is 4.71. The first-order chi connectivity index (χ1) is 13.4. The Labute approximate surface area is 164 Å². The van der Waals surface area contributed by atoms with Crippen molar-refractivity contribution in [3.05, 3.63) is 42.4 Å². The molecular weight excluding hydrogens is 350 g/mol. The highest BCUT2D eigenvalue weighted by Gasteiger charge is 2.62. The molecule has 3 aromatic rings. The van der Waals surface area contributed by atoms with Crippen LogP contribution < -0.4 is 4.90 Å². The van der Waals surface area contributed by atoms with E-state index in [1.807, 2.05) is 30.8 Å². The normalized spacial score (nSPS) is 23.2. The first-order valence-corrected chi connectivity index (χ1v) is 10.2. The summed E-state index contributed by atoms with van der Waals surface area (Å²) < 4.78 is 1.93. The Hall–Kier alpha value is -2.47. The molecule has 0 bridgehead atoms. The van der Waals surface area contributed by atoms with E-state index in [1.165, 1.54) is 24.8 Å². The topological polar surface area (TPSA) is 67.1 Å². The lowest BCUT2D eigenvalue weighted by Gasteiger charge is -2.45. The smallest absolute Gasteiger partial charge is 0.159 e. The summed E-state index contributed by atoms with van der Waals surface area (Å²) in [6.45, 7) is 5.38. The lowest BCUT2D eigenvalue weighted by molar-refractivity contribution is 0.00438. The van der Waals surface area contributed by atoms with Gasteiger partial charge in [-0.15, -0.1) is 0 Å². The maximum Gasteiger partial charge on any atom is 0.159 e. The fraction of sp³-hybridized carbons (Fsp3) is 0.500. The van der Waals surface area contributed by atoms with Gasteiger partial charge in [0.05, 0.1) is 17.3 Å². The third kappa shape index (κ3) is 2.47. The zero-order valence-electron chi connectivity index (χ0n) is 16.3. The molecule has 6 rings (SSSR count). The molecule has 28 heavy (non-hydrogen) atoms. The Bertz CT molecular complexity index is 1070. The van der Waals surface area contributed by atoms with Gasteiger partial charge in [0.1, 0.15) is 12.1 Å². The van der Waals surface area contributed by atoms with Crippen molar-refractivity contribution in [3.8, 4) is 5.82 Å². The molecule has 6 heteroatoms. The first-order valence-electron chi connectivity index (χ1n) is 10.2. The molecule has 1 N–H and O–H groups in total. The highest BCUT2D eigenvalue weighted by atomic mass is 16.3. The van der Waals surface area contributed by atoms with Gasteiger partial charge in [-0.2, -0.15) is 5.10 Å². The van der Waals surface area contributed by atoms with Gasteiger partial charge in [-0.1, -0.05) is 12.1 Å². The van der Waals surface area contributed by atoms with Gasteiger partial charge in [0.15, 0.2) is 5.82 Å². The van der Waals surface area contributed by atoms with Crippen molar-refractivity contribution >= 4 is 16.7 Å². The van der Waals surface area contributed by atoms with E-state index in [0.29, 0.717) is 5.41 Å². The van der Waals surface area contributed by atoms with Crippen molar-refractivity contribution in [1.29, 1.82) is 0 Å². The number of anilines is 1. The minimum Gasteiger partial charge on any atom is -0.390 e. The predicted molar refractivity (Wildman–Crippen MR) is 108 cm³/mol. The van der Waals surface area contributed by atoms with Crippen LogP contribution in [0.3, 0.4) is 0 Å². The van der Waals surface area contributed by atoms with Crippen molar-refractivity contribution in [2.24, 2.45) is 11.3 Å². The highest BCUT2D eigenvalue weighted by molar-refractivity contribution is 5.81. The van der Waals surface area contributed by atoms with Gasteiger partial charge < -0.3 is 10.0 Å². The molecule has 144 valence electrons. The zero-order valence-corrected chi connectivity index (χ0v) is 16.3. The summed E-state index contributed by atoms with van der Waals surface area (Å²) in [5.41, 5.74) is 2.55. The predicted octanol–water partition coefficient (Wildman–Crippen LogP) is 3.29. The van der Waals surface area contributed by atoms with E-state index in [0.717, 1.165) is 41.5 Å². The summed E-state index contributed by atoms with van der Waals surface area (Å²) in [6, 6.07) is 8.76. The molecule has 0 amide bonds. The maximum absolute atomic E-state index is 10.2. The lowest BCUT2D eigenvalue weighted by Crippen LogP contribution is -2.56. The van der Waals surface area contributed by atoms with Crippen LogP contribution in [0.2, 0.25) is 0 Å². The number of aromatic nitrogens is 4. The molecule has 3 aliphatic rings. The van der Waals surface area contributed by atoms with Gasteiger partial charge >= 0.3 is 0 Å². The Morgan fingerprint density at radius 2 is 1.89 bits per heavy atom. The van der Waals surface area contributed by atoms with Crippen LogP contribution in [0.1, 0.15) is 44.6 Å². The van der Waals surface area contributed by atoms with Crippen molar-refractivity contribution in [2.75, 3.05) is 18.0 Å². The molecule has 1 spiro atoms. The second kappa shape index (κ2) is 5.32. The molecule has 3 heterocycles. The Morgan fingerprint density at radius 1 is 1.11 bits per heavy atom. The Kier molecular flexibility index (Phi) is 3.13. The molecule has 1 saturated heterocycles. The SMILES string of the molecule is CC(C)(O)C1CN(c2cc(-n3ncc4ccc([C@@H]5CC56CC6)cc43)ncn2)C1. The highest BCUT2D eigenvalue weighted by Crippen LogP contribution is 2.75. The van der Waals surface area contributed by atoms with Crippen LogP contribution in [0.25, 0.3) is 16.7 Å². The summed E-state index contributed by atoms with van der Waals surface area (Å²) >= 11 is 0. The molecule has 2 aromatic heterocycles. The molecule has 2 saturated carbocycles. The minimum absolute atomic E-state index is 0.271. The maximum atomic E-state index is 10.2. The van der Waals surface area contributed by atoms with E-state index in [4.69, 9.17) is 0 Å². The molecule has 2 aliphatic carbocycles. The number of rotatable bonds is 4. The van der Waals surface area contributed by atoms with Crippen molar-refractivity contribution in [3.63, 3.8) is 0 Å². The monoisotopic (exact) mass is 375 g/mol. The van der Waals surface area contributed by atoms with Crippen LogP contribution in [0.5, 0.6) is 0 Å². The summed E-state index contributed by atoms with van der Waals surface area (Å²) in [6.07, 6.45) is 7.66. The first kappa shape index (κ1) is 16.5. The standard InChI is InChI=1S/C22H25N5O/c1-21(2,28)16-11-26(12-16)19-8-20(24-13-23-19)27-18-7-14(3-4-15(18)10-25-27)17-9-22(17)5-6-22/h3-4,7-8,10,13,16-17,28H,5-6,9,11-12H2,1-2H3/t17-/m0/s1. The fourth-order valence-electron chi connectivity index (χ4n) is 4.71. The summed E-state index contributed by atoms with van der Waals surface area (Å²) in [4.78, 5) is 11.1. The Morgan fingerprint density at radius 3 is 2.61 bits per heavy atom. The van der Waals surface area contributed by atoms with Crippen LogP contribution in [0, 0.1) is 11.3 Å². The molecule has 3 fully saturated rings. The van der Waals surface area contributed by atoms with Gasteiger partial charge in [-0.3, -0.25) is 0 Å². The van der Waals surface area contributed by atoms with Gasteiger partial charge in [0.25, 0.3) is 0 Å². The number of aliphatic hydroxyl groups is 1. The van der Waals surface area contributed by atoms with E-state index in [-0.39, 0.29) is 5.92 Å². The van der Waals surface area contributed by atoms with E-state index < -0.39 is 5.60 Å². The summed E-state index contributed by atoms with van der Waals surface area (Å²) in [5.74, 6) is 2.69. The van der Waals surface area contributed by atoms with Gasteiger partial charge in [0, 0.05) is 30.5 Å². The second-order valence-corrected chi connectivity index (χ2v) is 9.48. The average Bonchev–Trinajstić information content (AvgIpc) is 3.51. The minimum atomic E-state index is -0.650. The van der Waals surface area contributed by atoms with Crippen LogP contribution in [-0.4, -0.2) is 43.5 Å². The van der Waals surface area contributed by atoms with E-state index in [1.54, 1.807) is 6.33 Å². The summed E-state index contributed by atoms with van der Waals surface area (Å²) in [7, 11) is 0. The number of nitrogens with zero attached hydrogens (tertiary/aromatic N) is 5. The van der Waals surface area contributed by atoms with Gasteiger partial charge in [0.2, 0.25) is 0 Å². The Balaban J connectivity index is 1.31. The number of hydrogen-bond donors (Lipinski definition) is 1. The largest absolute Gasteiger partial charge is 0.390 e. The quantitative estimate of drug-likeness (QED) is 0.758. The number of fused-ring (bicyclic) bond motifs is 1. The van der Waals surface area contributed by atoms with Crippen molar-refractivity contribution in [1.82, 2.24) is 19.7 Å². The molecule has 0 unspecified atom stereocenters. The van der Waals surface area contributed by atoms with Crippen molar-refractivity contribution in [2.45, 2.75) is 44.6 Å². The van der Waals surface area contributed by atoms with Crippen molar-refractivity contribution < 1.29 is 5.11 Å². The molecule has 1 atom stereocenters. The van der Waals surface area contributed by atoms with Crippen LogP contribution in [-0.2, 0) is 0 Å². The molecule has 0 radical (unpaired) electrons. The van der Waals surface area contributed by atoms with Crippen LogP contribution >= 0.6 is 0 Å². The number of hydrogen-bond acceptors (Lipinski definition) is 5. The number of benzene rings is 1. The van der Waals surface area contributed by atoms with E-state index in [2.05, 4.69) is 38.2 Å². The van der Waals surface area contributed by atoms with Crippen LogP contribution in [0.4, 0.5) is 5.82 Å². The second-order valence-electron chi connectivity index (χ2n) is 9.48. The molecule has 1 aromatic carbocycles. The van der Waals surface area contributed by atoms with E-state index >= 15 is 0 Å². The van der Waals surface area contributed by atoms with Gasteiger partial charge in [-0.05, 0) is 56.1 Å².